The van der Waals surface area contributed by atoms with Gasteiger partial charge in [-0.05, 0) is 12.1 Å². The van der Waals surface area contributed by atoms with Crippen molar-refractivity contribution in [2.45, 2.75) is 5.16 Å². The highest BCUT2D eigenvalue weighted by molar-refractivity contribution is 7.90. The normalized spacial score (nSPS) is 11.7. The van der Waals surface area contributed by atoms with Crippen LogP contribution in [-0.2, 0) is 9.84 Å². The predicted molar refractivity (Wildman–Crippen MR) is 56.6 cm³/mol. The summed E-state index contributed by atoms with van der Waals surface area (Å²) < 4.78 is 50.1. The molecule has 1 heterocycles. The fourth-order valence-electron chi connectivity index (χ4n) is 1.42. The van der Waals surface area contributed by atoms with Gasteiger partial charge in [-0.3, -0.25) is 4.57 Å². The third-order valence-electron chi connectivity index (χ3n) is 2.11. The molecule has 0 saturated carbocycles. The zero-order chi connectivity index (χ0) is 12.6. The molecule has 1 aromatic heterocycles. The second-order valence-corrected chi connectivity index (χ2v) is 5.36. The molecule has 90 valence electrons. The third-order valence-corrected chi connectivity index (χ3v) is 3.07. The van der Waals surface area contributed by atoms with Gasteiger partial charge in [0.05, 0.1) is 5.69 Å². The topological polar surface area (TPSA) is 52.0 Å². The quantitative estimate of drug-likeness (QED) is 0.821. The van der Waals surface area contributed by atoms with Crippen LogP contribution in [0.4, 0.5) is 8.78 Å². The van der Waals surface area contributed by atoms with Crippen molar-refractivity contribution in [2.24, 2.45) is 0 Å². The zero-order valence-electron chi connectivity index (χ0n) is 8.76. The van der Waals surface area contributed by atoms with Crippen LogP contribution in [0.3, 0.4) is 0 Å². The first-order valence-electron chi connectivity index (χ1n) is 4.58. The number of halogens is 2. The molecule has 0 bridgehead atoms. The van der Waals surface area contributed by atoms with E-state index in [1.165, 1.54) is 12.4 Å². The first kappa shape index (κ1) is 11.7. The molecule has 0 aliphatic rings. The number of imidazole rings is 1. The SMILES string of the molecule is CS(=O)(=O)c1nccn1-c1ccc(F)cc1F. The number of nitrogens with zero attached hydrogens (tertiary/aromatic N) is 2. The van der Waals surface area contributed by atoms with Gasteiger partial charge >= 0.3 is 0 Å². The molecule has 7 heteroatoms. The van der Waals surface area contributed by atoms with E-state index in [0.717, 1.165) is 23.0 Å². The first-order valence-corrected chi connectivity index (χ1v) is 6.47. The van der Waals surface area contributed by atoms with Crippen LogP contribution >= 0.6 is 0 Å². The zero-order valence-corrected chi connectivity index (χ0v) is 9.58. The van der Waals surface area contributed by atoms with Gasteiger partial charge in [0.2, 0.25) is 15.0 Å². The fourth-order valence-corrected chi connectivity index (χ4v) is 2.19. The molecule has 0 amide bonds. The van der Waals surface area contributed by atoms with Gasteiger partial charge < -0.3 is 0 Å². The highest BCUT2D eigenvalue weighted by Crippen LogP contribution is 2.18. The Hall–Kier alpha value is -1.76. The van der Waals surface area contributed by atoms with Crippen LogP contribution in [0.25, 0.3) is 5.69 Å². The maximum atomic E-state index is 13.5. The minimum Gasteiger partial charge on any atom is -0.288 e. The van der Waals surface area contributed by atoms with Crippen LogP contribution in [0.1, 0.15) is 0 Å². The van der Waals surface area contributed by atoms with Gasteiger partial charge in [-0.25, -0.2) is 22.2 Å². The van der Waals surface area contributed by atoms with Crippen molar-refractivity contribution in [3.05, 3.63) is 42.2 Å². The monoisotopic (exact) mass is 258 g/mol. The Kier molecular flexibility index (Phi) is 2.70. The summed E-state index contributed by atoms with van der Waals surface area (Å²) in [6.45, 7) is 0. The van der Waals surface area contributed by atoms with Gasteiger partial charge in [0.25, 0.3) is 0 Å². The Morgan fingerprint density at radius 3 is 2.59 bits per heavy atom. The van der Waals surface area contributed by atoms with Gasteiger partial charge in [-0.1, -0.05) is 0 Å². The summed E-state index contributed by atoms with van der Waals surface area (Å²) in [5.74, 6) is -1.58. The van der Waals surface area contributed by atoms with Crippen molar-refractivity contribution in [3.63, 3.8) is 0 Å². The van der Waals surface area contributed by atoms with Crippen LogP contribution in [0.15, 0.2) is 35.7 Å². The second-order valence-electron chi connectivity index (χ2n) is 3.45. The van der Waals surface area contributed by atoms with E-state index in [1.807, 2.05) is 0 Å². The summed E-state index contributed by atoms with van der Waals surface area (Å²) in [5.41, 5.74) is -0.0654. The van der Waals surface area contributed by atoms with E-state index >= 15 is 0 Å². The van der Waals surface area contributed by atoms with E-state index in [-0.39, 0.29) is 10.8 Å². The maximum Gasteiger partial charge on any atom is 0.232 e. The number of rotatable bonds is 2. The summed E-state index contributed by atoms with van der Waals surface area (Å²) >= 11 is 0. The van der Waals surface area contributed by atoms with E-state index in [2.05, 4.69) is 4.98 Å². The summed E-state index contributed by atoms with van der Waals surface area (Å²) in [6.07, 6.45) is 3.50. The highest BCUT2D eigenvalue weighted by atomic mass is 32.2. The van der Waals surface area contributed by atoms with Crippen LogP contribution in [0.2, 0.25) is 0 Å². The lowest BCUT2D eigenvalue weighted by atomic mass is 10.3. The van der Waals surface area contributed by atoms with Gasteiger partial charge in [0.1, 0.15) is 11.6 Å². The number of hydrogen-bond donors (Lipinski definition) is 0. The maximum absolute atomic E-state index is 13.5. The van der Waals surface area contributed by atoms with Gasteiger partial charge in [-0.2, -0.15) is 0 Å². The summed E-state index contributed by atoms with van der Waals surface area (Å²) in [5, 5.41) is -0.289. The van der Waals surface area contributed by atoms with Crippen LogP contribution < -0.4 is 0 Å². The number of hydrogen-bond acceptors (Lipinski definition) is 3. The number of aromatic nitrogens is 2. The lowest BCUT2D eigenvalue weighted by Gasteiger charge is -2.07. The van der Waals surface area contributed by atoms with Gasteiger partial charge in [0, 0.05) is 24.7 Å². The third kappa shape index (κ3) is 2.19. The molecule has 17 heavy (non-hydrogen) atoms. The molecule has 0 aliphatic heterocycles. The Morgan fingerprint density at radius 2 is 2.00 bits per heavy atom. The summed E-state index contributed by atoms with van der Waals surface area (Å²) in [6, 6.07) is 2.88. The molecule has 1 aromatic carbocycles. The average molecular weight is 258 g/mol. The van der Waals surface area contributed by atoms with E-state index in [0.29, 0.717) is 6.07 Å². The smallest absolute Gasteiger partial charge is 0.232 e. The minimum absolute atomic E-state index is 0.0654. The van der Waals surface area contributed by atoms with Crippen molar-refractivity contribution in [3.8, 4) is 5.69 Å². The molecule has 0 aliphatic carbocycles. The lowest BCUT2D eigenvalue weighted by Crippen LogP contribution is -2.08. The molecular formula is C10H8F2N2O2S. The highest BCUT2D eigenvalue weighted by Gasteiger charge is 2.17. The van der Waals surface area contributed by atoms with Crippen molar-refractivity contribution in [2.75, 3.05) is 6.26 Å². The van der Waals surface area contributed by atoms with Gasteiger partial charge in [0.15, 0.2) is 0 Å². The molecule has 0 saturated heterocycles. The molecular weight excluding hydrogens is 250 g/mol. The van der Waals surface area contributed by atoms with Crippen molar-refractivity contribution < 1.29 is 17.2 Å². The first-order chi connectivity index (χ1) is 7.89. The molecule has 4 nitrogen and oxygen atoms in total. The Morgan fingerprint density at radius 1 is 1.29 bits per heavy atom. The molecule has 0 unspecified atom stereocenters. The van der Waals surface area contributed by atoms with Crippen molar-refractivity contribution in [1.29, 1.82) is 0 Å². The van der Waals surface area contributed by atoms with E-state index < -0.39 is 21.5 Å². The van der Waals surface area contributed by atoms with Crippen molar-refractivity contribution >= 4 is 9.84 Å². The number of benzene rings is 1. The number of sulfone groups is 1. The van der Waals surface area contributed by atoms with Crippen LogP contribution in [-0.4, -0.2) is 24.2 Å². The Balaban J connectivity index is 2.66. The molecule has 2 aromatic rings. The molecule has 2 rings (SSSR count). The van der Waals surface area contributed by atoms with E-state index in [4.69, 9.17) is 0 Å². The standard InChI is InChI=1S/C10H8F2N2O2S/c1-17(15,16)10-13-4-5-14(10)9-3-2-7(11)6-8(9)12/h2-6H,1H3. The molecule has 0 spiro atoms. The van der Waals surface area contributed by atoms with Crippen LogP contribution in [0.5, 0.6) is 0 Å². The van der Waals surface area contributed by atoms with E-state index in [1.54, 1.807) is 0 Å². The van der Waals surface area contributed by atoms with Crippen LogP contribution in [0, 0.1) is 11.6 Å². The fraction of sp³-hybridized carbons (Fsp3) is 0.100. The summed E-state index contributed by atoms with van der Waals surface area (Å²) in [4.78, 5) is 3.64. The Bertz CT molecular complexity index is 665. The van der Waals surface area contributed by atoms with Gasteiger partial charge in [-0.15, -0.1) is 0 Å². The Labute approximate surface area is 96.4 Å². The molecule has 0 radical (unpaired) electrons. The summed E-state index contributed by atoms with van der Waals surface area (Å²) in [7, 11) is -3.57. The molecule has 0 atom stereocenters. The molecule has 0 N–H and O–H groups in total. The predicted octanol–water partition coefficient (Wildman–Crippen LogP) is 1.55. The largest absolute Gasteiger partial charge is 0.288 e. The van der Waals surface area contributed by atoms with E-state index in [9.17, 15) is 17.2 Å². The minimum atomic E-state index is -3.57. The molecule has 0 fully saturated rings. The second kappa shape index (κ2) is 3.92. The average Bonchev–Trinajstić information content (AvgIpc) is 2.65. The lowest BCUT2D eigenvalue weighted by molar-refractivity contribution is 0.569. The van der Waals surface area contributed by atoms with Crippen molar-refractivity contribution in [1.82, 2.24) is 9.55 Å².